The number of carbonyl (C=O) groups is 1. The Hall–Kier alpha value is -2.50. The molecule has 24 heavy (non-hydrogen) atoms. The highest BCUT2D eigenvalue weighted by atomic mass is 19.4. The highest BCUT2D eigenvalue weighted by Crippen LogP contribution is 2.30. The van der Waals surface area contributed by atoms with Gasteiger partial charge in [0.1, 0.15) is 11.5 Å². The van der Waals surface area contributed by atoms with Crippen LogP contribution in [0.25, 0.3) is 11.1 Å². The van der Waals surface area contributed by atoms with Crippen molar-refractivity contribution in [2.24, 2.45) is 0 Å². The van der Waals surface area contributed by atoms with Gasteiger partial charge in [-0.2, -0.15) is 0 Å². The largest absolute Gasteiger partial charge is 0.573 e. The van der Waals surface area contributed by atoms with Crippen molar-refractivity contribution in [1.82, 2.24) is 0 Å². The van der Waals surface area contributed by atoms with E-state index in [4.69, 9.17) is 4.74 Å². The van der Waals surface area contributed by atoms with Crippen LogP contribution in [0.4, 0.5) is 13.2 Å². The molecule has 0 N–H and O–H groups in total. The first-order valence-corrected chi connectivity index (χ1v) is 7.44. The lowest BCUT2D eigenvalue weighted by atomic mass is 10.0. The Labute approximate surface area is 138 Å². The molecular formula is C18H17F3O3. The summed E-state index contributed by atoms with van der Waals surface area (Å²) in [5.41, 5.74) is 1.83. The molecule has 2 aromatic carbocycles. The van der Waals surface area contributed by atoms with Gasteiger partial charge in [0.05, 0.1) is 12.2 Å². The van der Waals surface area contributed by atoms with Gasteiger partial charge in [-0.25, -0.2) is 0 Å². The Kier molecular flexibility index (Phi) is 5.49. The van der Waals surface area contributed by atoms with Crippen molar-refractivity contribution < 1.29 is 27.4 Å². The summed E-state index contributed by atoms with van der Waals surface area (Å²) in [5.74, 6) is 0.0750. The van der Waals surface area contributed by atoms with Gasteiger partial charge in [-0.05, 0) is 48.7 Å². The third-order valence-corrected chi connectivity index (χ3v) is 3.24. The molecule has 0 aliphatic carbocycles. The predicted octanol–water partition coefficient (Wildman–Crippen LogP) is 5.24. The SMILES string of the molecule is CCCOc1ccc(-c2ccc(OC(F)(F)F)cc2)cc1C(C)=O. The van der Waals surface area contributed by atoms with Crippen molar-refractivity contribution in [3.8, 4) is 22.6 Å². The lowest BCUT2D eigenvalue weighted by Crippen LogP contribution is -2.16. The second kappa shape index (κ2) is 7.38. The van der Waals surface area contributed by atoms with Gasteiger partial charge in [-0.1, -0.05) is 25.1 Å². The van der Waals surface area contributed by atoms with Crippen LogP contribution in [-0.4, -0.2) is 18.8 Å². The number of ether oxygens (including phenoxy) is 2. The van der Waals surface area contributed by atoms with Crippen LogP contribution in [0.1, 0.15) is 30.6 Å². The number of alkyl halides is 3. The lowest BCUT2D eigenvalue weighted by Gasteiger charge is -2.12. The molecule has 128 valence electrons. The summed E-state index contributed by atoms with van der Waals surface area (Å²) in [5, 5.41) is 0. The van der Waals surface area contributed by atoms with Gasteiger partial charge < -0.3 is 9.47 Å². The highest BCUT2D eigenvalue weighted by molar-refractivity contribution is 5.98. The Bertz CT molecular complexity index is 706. The van der Waals surface area contributed by atoms with E-state index >= 15 is 0 Å². The van der Waals surface area contributed by atoms with Crippen LogP contribution in [-0.2, 0) is 0 Å². The molecule has 0 bridgehead atoms. The van der Waals surface area contributed by atoms with Crippen LogP contribution in [0.5, 0.6) is 11.5 Å². The Morgan fingerprint density at radius 3 is 2.21 bits per heavy atom. The summed E-state index contributed by atoms with van der Waals surface area (Å²) in [6.45, 7) is 3.91. The molecule has 0 atom stereocenters. The maximum Gasteiger partial charge on any atom is 0.573 e. The molecule has 3 nitrogen and oxygen atoms in total. The second-order valence-corrected chi connectivity index (χ2v) is 5.19. The molecule has 0 heterocycles. The number of benzene rings is 2. The number of hydrogen-bond donors (Lipinski definition) is 0. The molecule has 0 aromatic heterocycles. The van der Waals surface area contributed by atoms with E-state index in [1.807, 2.05) is 6.92 Å². The van der Waals surface area contributed by atoms with Gasteiger partial charge in [0.25, 0.3) is 0 Å². The van der Waals surface area contributed by atoms with Gasteiger partial charge in [0.2, 0.25) is 0 Å². The summed E-state index contributed by atoms with van der Waals surface area (Å²) < 4.78 is 45.9. The molecule has 0 unspecified atom stereocenters. The van der Waals surface area contributed by atoms with Crippen LogP contribution >= 0.6 is 0 Å². The average Bonchev–Trinajstić information content (AvgIpc) is 2.52. The molecule has 6 heteroatoms. The molecule has 0 spiro atoms. The van der Waals surface area contributed by atoms with Gasteiger partial charge >= 0.3 is 6.36 Å². The van der Waals surface area contributed by atoms with Crippen LogP contribution in [0, 0.1) is 0 Å². The minimum atomic E-state index is -4.72. The molecule has 0 radical (unpaired) electrons. The molecule has 2 aromatic rings. The van der Waals surface area contributed by atoms with E-state index in [2.05, 4.69) is 4.74 Å². The zero-order valence-corrected chi connectivity index (χ0v) is 13.3. The highest BCUT2D eigenvalue weighted by Gasteiger charge is 2.30. The minimum absolute atomic E-state index is 0.139. The quantitative estimate of drug-likeness (QED) is 0.675. The van der Waals surface area contributed by atoms with Crippen LogP contribution < -0.4 is 9.47 Å². The molecule has 2 rings (SSSR count). The van der Waals surface area contributed by atoms with Crippen molar-refractivity contribution >= 4 is 5.78 Å². The number of Topliss-reactive ketones (excluding diaryl/α,β-unsaturated/α-hetero) is 1. The fourth-order valence-electron chi connectivity index (χ4n) is 2.17. The topological polar surface area (TPSA) is 35.5 Å². The Morgan fingerprint density at radius 1 is 1.04 bits per heavy atom. The number of hydrogen-bond acceptors (Lipinski definition) is 3. The Morgan fingerprint density at radius 2 is 1.67 bits per heavy atom. The van der Waals surface area contributed by atoms with Crippen molar-refractivity contribution in [3.05, 3.63) is 48.0 Å². The first-order chi connectivity index (χ1) is 11.3. The number of ketones is 1. The molecule has 0 aliphatic rings. The van der Waals surface area contributed by atoms with Crippen LogP contribution in [0.3, 0.4) is 0 Å². The summed E-state index contributed by atoms with van der Waals surface area (Å²) in [6.07, 6.45) is -3.90. The molecule has 0 saturated carbocycles. The predicted molar refractivity (Wildman–Crippen MR) is 84.4 cm³/mol. The third kappa shape index (κ3) is 4.75. The van der Waals surface area contributed by atoms with Crippen molar-refractivity contribution in [1.29, 1.82) is 0 Å². The van der Waals surface area contributed by atoms with E-state index in [9.17, 15) is 18.0 Å². The zero-order valence-electron chi connectivity index (χ0n) is 13.3. The van der Waals surface area contributed by atoms with E-state index < -0.39 is 6.36 Å². The van der Waals surface area contributed by atoms with E-state index in [1.165, 1.54) is 31.2 Å². The van der Waals surface area contributed by atoms with Gasteiger partial charge in [0.15, 0.2) is 5.78 Å². The van der Waals surface area contributed by atoms with Crippen molar-refractivity contribution in [3.63, 3.8) is 0 Å². The molecule has 0 saturated heterocycles. The number of rotatable bonds is 6. The van der Waals surface area contributed by atoms with E-state index in [1.54, 1.807) is 18.2 Å². The Balaban J connectivity index is 2.28. The number of halogens is 3. The third-order valence-electron chi connectivity index (χ3n) is 3.24. The summed E-state index contributed by atoms with van der Waals surface area (Å²) >= 11 is 0. The van der Waals surface area contributed by atoms with Gasteiger partial charge in [-0.3, -0.25) is 4.79 Å². The normalized spacial score (nSPS) is 11.2. The smallest absolute Gasteiger partial charge is 0.493 e. The monoisotopic (exact) mass is 338 g/mol. The molecule has 0 amide bonds. The maximum atomic E-state index is 12.2. The fraction of sp³-hybridized carbons (Fsp3) is 0.278. The van der Waals surface area contributed by atoms with Gasteiger partial charge in [-0.15, -0.1) is 13.2 Å². The van der Waals surface area contributed by atoms with Crippen molar-refractivity contribution in [2.75, 3.05) is 6.61 Å². The zero-order chi connectivity index (χ0) is 17.7. The summed E-state index contributed by atoms with van der Waals surface area (Å²) in [4.78, 5) is 11.8. The lowest BCUT2D eigenvalue weighted by molar-refractivity contribution is -0.274. The van der Waals surface area contributed by atoms with E-state index in [0.717, 1.165) is 6.42 Å². The van der Waals surface area contributed by atoms with Gasteiger partial charge in [0, 0.05) is 0 Å². The molecule has 0 aliphatic heterocycles. The summed E-state index contributed by atoms with van der Waals surface area (Å²) in [7, 11) is 0. The van der Waals surface area contributed by atoms with Crippen molar-refractivity contribution in [2.45, 2.75) is 26.6 Å². The summed E-state index contributed by atoms with van der Waals surface area (Å²) in [6, 6.07) is 10.6. The molecular weight excluding hydrogens is 321 g/mol. The molecule has 0 fully saturated rings. The standard InChI is InChI=1S/C18H17F3O3/c1-3-10-23-17-9-6-14(11-16(17)12(2)22)13-4-7-15(8-5-13)24-18(19,20)21/h4-9,11H,3,10H2,1-2H3. The van der Waals surface area contributed by atoms with Crippen LogP contribution in [0.2, 0.25) is 0 Å². The van der Waals surface area contributed by atoms with E-state index in [-0.39, 0.29) is 11.5 Å². The average molecular weight is 338 g/mol. The fourth-order valence-corrected chi connectivity index (χ4v) is 2.17. The first kappa shape index (κ1) is 17.8. The maximum absolute atomic E-state index is 12.2. The van der Waals surface area contributed by atoms with Crippen LogP contribution in [0.15, 0.2) is 42.5 Å². The minimum Gasteiger partial charge on any atom is -0.493 e. The van der Waals surface area contributed by atoms with E-state index in [0.29, 0.717) is 29.0 Å². The number of carbonyl (C=O) groups excluding carboxylic acids is 1. The second-order valence-electron chi connectivity index (χ2n) is 5.19. The first-order valence-electron chi connectivity index (χ1n) is 7.44.